The van der Waals surface area contributed by atoms with Crippen LogP contribution in [0.25, 0.3) is 0 Å². The van der Waals surface area contributed by atoms with Gasteiger partial charge in [0.1, 0.15) is 0 Å². The van der Waals surface area contributed by atoms with E-state index in [4.69, 9.17) is 4.74 Å². The fraction of sp³-hybridized carbons (Fsp3) is 0.429. The van der Waals surface area contributed by atoms with Crippen molar-refractivity contribution in [1.82, 2.24) is 4.90 Å². The van der Waals surface area contributed by atoms with Gasteiger partial charge in [-0.25, -0.2) is 4.79 Å². The molecule has 2 aliphatic rings. The molecule has 5 nitrogen and oxygen atoms in total. The van der Waals surface area contributed by atoms with Crippen LogP contribution >= 0.6 is 11.3 Å². The van der Waals surface area contributed by atoms with Crippen LogP contribution in [0, 0.1) is 5.92 Å². The first kappa shape index (κ1) is 18.2. The van der Waals surface area contributed by atoms with E-state index in [1.54, 1.807) is 23.5 Å². The third kappa shape index (κ3) is 3.92. The Morgan fingerprint density at radius 2 is 2.00 bits per heavy atom. The average molecular weight is 385 g/mol. The van der Waals surface area contributed by atoms with Gasteiger partial charge >= 0.3 is 5.97 Å². The van der Waals surface area contributed by atoms with Crippen molar-refractivity contribution in [2.45, 2.75) is 32.3 Å². The van der Waals surface area contributed by atoms with Crippen LogP contribution in [-0.2, 0) is 24.2 Å². The molecule has 0 spiro atoms. The highest BCUT2D eigenvalue weighted by Gasteiger charge is 2.27. The summed E-state index contributed by atoms with van der Waals surface area (Å²) in [6, 6.07) is 9.22. The van der Waals surface area contributed by atoms with Crippen LogP contribution in [0.5, 0.6) is 0 Å². The number of thiophene rings is 1. The lowest BCUT2D eigenvalue weighted by Crippen LogP contribution is -2.38. The number of piperidine rings is 1. The van der Waals surface area contributed by atoms with Gasteiger partial charge in [0, 0.05) is 24.4 Å². The zero-order valence-electron chi connectivity index (χ0n) is 15.1. The molecule has 1 aromatic heterocycles. The summed E-state index contributed by atoms with van der Waals surface area (Å²) in [6.07, 6.45) is 3.48. The minimum Gasteiger partial charge on any atom is -0.478 e. The fourth-order valence-corrected chi connectivity index (χ4v) is 5.08. The lowest BCUT2D eigenvalue weighted by Gasteiger charge is -2.32. The molecular formula is C21H23NO4S. The second-order valence-electron chi connectivity index (χ2n) is 7.26. The normalized spacial score (nSPS) is 17.6. The molecule has 0 bridgehead atoms. The second-order valence-corrected chi connectivity index (χ2v) is 8.40. The van der Waals surface area contributed by atoms with Gasteiger partial charge in [-0.1, -0.05) is 18.2 Å². The molecular weight excluding hydrogens is 362 g/mol. The topological polar surface area (TPSA) is 66.8 Å². The van der Waals surface area contributed by atoms with Crippen molar-refractivity contribution in [1.29, 1.82) is 0 Å². The molecule has 0 unspecified atom stereocenters. The maximum atomic E-state index is 12.8. The zero-order valence-corrected chi connectivity index (χ0v) is 16.0. The molecule has 1 amide bonds. The number of hydrogen-bond donors (Lipinski definition) is 1. The van der Waals surface area contributed by atoms with E-state index in [1.807, 2.05) is 23.1 Å². The molecule has 2 aromatic rings. The van der Waals surface area contributed by atoms with Crippen molar-refractivity contribution >= 4 is 23.2 Å². The highest BCUT2D eigenvalue weighted by atomic mass is 32.1. The smallest absolute Gasteiger partial charge is 0.335 e. The SMILES string of the molecule is O=C(O)c1ccccc1CC1CCN(C(=O)c2cc3c(s2)CCOC3)CC1. The molecule has 142 valence electrons. The van der Waals surface area contributed by atoms with Gasteiger partial charge in [-0.3, -0.25) is 4.79 Å². The van der Waals surface area contributed by atoms with Gasteiger partial charge in [0.25, 0.3) is 5.91 Å². The van der Waals surface area contributed by atoms with Gasteiger partial charge in [-0.15, -0.1) is 11.3 Å². The molecule has 2 aliphatic heterocycles. The number of rotatable bonds is 4. The summed E-state index contributed by atoms with van der Waals surface area (Å²) in [5, 5.41) is 9.34. The maximum Gasteiger partial charge on any atom is 0.335 e. The van der Waals surface area contributed by atoms with Crippen molar-refractivity contribution < 1.29 is 19.4 Å². The van der Waals surface area contributed by atoms with Crippen molar-refractivity contribution in [3.8, 4) is 0 Å². The van der Waals surface area contributed by atoms with Crippen LogP contribution in [0.2, 0.25) is 0 Å². The lowest BCUT2D eigenvalue weighted by molar-refractivity contribution is 0.0694. The largest absolute Gasteiger partial charge is 0.478 e. The molecule has 0 radical (unpaired) electrons. The number of carbonyl (C=O) groups is 2. The van der Waals surface area contributed by atoms with Crippen LogP contribution < -0.4 is 0 Å². The number of carboxylic acids is 1. The van der Waals surface area contributed by atoms with Crippen LogP contribution in [0.15, 0.2) is 30.3 Å². The lowest BCUT2D eigenvalue weighted by atomic mass is 9.88. The summed E-state index contributed by atoms with van der Waals surface area (Å²) in [4.78, 5) is 28.3. The molecule has 6 heteroatoms. The van der Waals surface area contributed by atoms with Crippen molar-refractivity contribution in [2.24, 2.45) is 5.92 Å². The molecule has 1 N–H and O–H groups in total. The van der Waals surface area contributed by atoms with Gasteiger partial charge in [0.2, 0.25) is 0 Å². The molecule has 0 aliphatic carbocycles. The summed E-state index contributed by atoms with van der Waals surface area (Å²) in [5.41, 5.74) is 2.44. The highest BCUT2D eigenvalue weighted by molar-refractivity contribution is 7.14. The van der Waals surface area contributed by atoms with E-state index < -0.39 is 5.97 Å². The Kier molecular flexibility index (Phi) is 5.27. The van der Waals surface area contributed by atoms with E-state index in [1.165, 1.54) is 4.88 Å². The van der Waals surface area contributed by atoms with Gasteiger partial charge in [0.15, 0.2) is 0 Å². The highest BCUT2D eigenvalue weighted by Crippen LogP contribution is 2.30. The van der Waals surface area contributed by atoms with E-state index in [9.17, 15) is 14.7 Å². The van der Waals surface area contributed by atoms with E-state index in [2.05, 4.69) is 0 Å². The van der Waals surface area contributed by atoms with E-state index in [0.29, 0.717) is 18.1 Å². The van der Waals surface area contributed by atoms with Crippen LogP contribution in [-0.4, -0.2) is 41.6 Å². The molecule has 1 fully saturated rings. The Balaban J connectivity index is 1.37. The number of carbonyl (C=O) groups excluding carboxylic acids is 1. The van der Waals surface area contributed by atoms with Crippen LogP contribution in [0.3, 0.4) is 0 Å². The third-order valence-corrected chi connectivity index (χ3v) is 6.72. The number of ether oxygens (including phenoxy) is 1. The zero-order chi connectivity index (χ0) is 18.8. The Bertz CT molecular complexity index is 828. The standard InChI is InChI=1S/C21H23NO4S/c23-20(19-12-16-13-26-10-7-18(16)27-19)22-8-5-14(6-9-22)11-15-3-1-2-4-17(15)21(24)25/h1-4,12,14H,5-11,13H2,(H,24,25). The van der Waals surface area contributed by atoms with Gasteiger partial charge < -0.3 is 14.7 Å². The van der Waals surface area contributed by atoms with Crippen molar-refractivity contribution in [2.75, 3.05) is 19.7 Å². The summed E-state index contributed by atoms with van der Waals surface area (Å²) in [6.45, 7) is 2.82. The van der Waals surface area contributed by atoms with E-state index >= 15 is 0 Å². The fourth-order valence-electron chi connectivity index (χ4n) is 3.97. The minimum atomic E-state index is -0.871. The molecule has 0 saturated carbocycles. The summed E-state index contributed by atoms with van der Waals surface area (Å²) in [5.74, 6) is -0.331. The molecule has 1 saturated heterocycles. The van der Waals surface area contributed by atoms with E-state index in [-0.39, 0.29) is 5.91 Å². The maximum absolute atomic E-state index is 12.8. The molecule has 4 rings (SSSR count). The van der Waals surface area contributed by atoms with Crippen LogP contribution in [0.1, 0.15) is 48.9 Å². The quantitative estimate of drug-likeness (QED) is 0.873. The first-order valence-electron chi connectivity index (χ1n) is 9.41. The number of carboxylic acid groups (broad SMARTS) is 1. The summed E-state index contributed by atoms with van der Waals surface area (Å²) in [7, 11) is 0. The number of amides is 1. The van der Waals surface area contributed by atoms with Crippen molar-refractivity contribution in [3.05, 3.63) is 56.8 Å². The first-order chi connectivity index (χ1) is 13.1. The Morgan fingerprint density at radius 1 is 1.22 bits per heavy atom. The third-order valence-electron chi connectivity index (χ3n) is 5.50. The monoisotopic (exact) mass is 385 g/mol. The number of hydrogen-bond acceptors (Lipinski definition) is 4. The molecule has 3 heterocycles. The van der Waals surface area contributed by atoms with Crippen LogP contribution in [0.4, 0.5) is 0 Å². The molecule has 0 atom stereocenters. The molecule has 1 aromatic carbocycles. The average Bonchev–Trinajstić information content (AvgIpc) is 3.12. The van der Waals surface area contributed by atoms with Gasteiger partial charge in [0.05, 0.1) is 23.7 Å². The van der Waals surface area contributed by atoms with Gasteiger partial charge in [-0.05, 0) is 48.4 Å². The van der Waals surface area contributed by atoms with E-state index in [0.717, 1.165) is 61.4 Å². The first-order valence-corrected chi connectivity index (χ1v) is 10.2. The number of fused-ring (bicyclic) bond motifs is 1. The second kappa shape index (κ2) is 7.82. The van der Waals surface area contributed by atoms with Crippen molar-refractivity contribution in [3.63, 3.8) is 0 Å². The summed E-state index contributed by atoms with van der Waals surface area (Å²) < 4.78 is 5.47. The van der Waals surface area contributed by atoms with Gasteiger partial charge in [-0.2, -0.15) is 0 Å². The number of aromatic carboxylic acids is 1. The summed E-state index contributed by atoms with van der Waals surface area (Å²) >= 11 is 1.61. The number of benzene rings is 1. The minimum absolute atomic E-state index is 0.124. The Morgan fingerprint density at radius 3 is 2.74 bits per heavy atom. The Hall–Kier alpha value is -2.18. The molecule has 27 heavy (non-hydrogen) atoms. The number of nitrogens with zero attached hydrogens (tertiary/aromatic N) is 1. The predicted molar refractivity (Wildman–Crippen MR) is 103 cm³/mol. The number of likely N-dealkylation sites (tertiary alicyclic amines) is 1. The Labute approximate surface area is 162 Å². The predicted octanol–water partition coefficient (Wildman–Crippen LogP) is 3.61.